The molecule has 264 valence electrons. The van der Waals surface area contributed by atoms with Crippen LogP contribution in [0.4, 0.5) is 0 Å². The van der Waals surface area contributed by atoms with Crippen molar-refractivity contribution in [3.05, 3.63) is 107 Å². The molecule has 0 aliphatic carbocycles. The molecule has 0 radical (unpaired) electrons. The van der Waals surface area contributed by atoms with Crippen LogP contribution in [0, 0.1) is 0 Å². The van der Waals surface area contributed by atoms with Gasteiger partial charge in [-0.15, -0.1) is 0 Å². The van der Waals surface area contributed by atoms with E-state index in [4.69, 9.17) is 0 Å². The van der Waals surface area contributed by atoms with E-state index in [2.05, 4.69) is 35.0 Å². The average Bonchev–Trinajstić information content (AvgIpc) is 3.13. The molecule has 0 aromatic heterocycles. The molecule has 4 bridgehead atoms. The average molecular weight is 693 g/mol. The molecule has 1 aliphatic rings. The third-order valence-corrected chi connectivity index (χ3v) is 8.87. The Hall–Kier alpha value is -6.17. The predicted molar refractivity (Wildman–Crippen MR) is 190 cm³/mol. The molecular formula is C39H40N4O8. The van der Waals surface area contributed by atoms with Crippen LogP contribution in [0.25, 0.3) is 22.3 Å². The van der Waals surface area contributed by atoms with Gasteiger partial charge in [0.25, 0.3) is 5.91 Å². The second kappa shape index (κ2) is 16.0. The van der Waals surface area contributed by atoms with Crippen LogP contribution in [0.5, 0.6) is 11.5 Å². The van der Waals surface area contributed by atoms with Crippen molar-refractivity contribution >= 4 is 29.6 Å². The minimum Gasteiger partial charge on any atom is -0.507 e. The molecule has 5 rings (SSSR count). The van der Waals surface area contributed by atoms with Crippen molar-refractivity contribution < 1.29 is 39.3 Å². The second-order valence-electron chi connectivity index (χ2n) is 12.5. The highest BCUT2D eigenvalue weighted by Crippen LogP contribution is 2.38. The highest BCUT2D eigenvalue weighted by atomic mass is 16.4. The molecule has 6 N–H and O–H groups in total. The van der Waals surface area contributed by atoms with Crippen molar-refractivity contribution in [2.75, 3.05) is 20.1 Å². The summed E-state index contributed by atoms with van der Waals surface area (Å²) in [7, 11) is 1.36. The van der Waals surface area contributed by atoms with E-state index in [0.29, 0.717) is 11.1 Å². The first-order valence-corrected chi connectivity index (χ1v) is 16.6. The Labute approximate surface area is 295 Å². The van der Waals surface area contributed by atoms with Crippen LogP contribution >= 0.6 is 0 Å². The number of unbranched alkanes of at least 4 members (excludes halogenated alkanes) is 1. The fourth-order valence-corrected chi connectivity index (χ4v) is 5.95. The number of aliphatic carboxylic acids is 1. The van der Waals surface area contributed by atoms with E-state index in [1.165, 1.54) is 49.0 Å². The Kier molecular flexibility index (Phi) is 11.4. The molecular weight excluding hydrogens is 652 g/mol. The molecule has 0 fully saturated rings. The number of carbonyl (C=O) groups is 5. The summed E-state index contributed by atoms with van der Waals surface area (Å²) in [4.78, 5) is 65.8. The van der Waals surface area contributed by atoms with Crippen LogP contribution in [-0.4, -0.2) is 76.0 Å². The van der Waals surface area contributed by atoms with Crippen molar-refractivity contribution in [2.45, 2.75) is 44.7 Å². The maximum atomic E-state index is 13.6. The number of phenols is 2. The summed E-state index contributed by atoms with van der Waals surface area (Å²) in [5.41, 5.74) is 4.52. The van der Waals surface area contributed by atoms with Crippen molar-refractivity contribution in [3.8, 4) is 33.8 Å². The highest BCUT2D eigenvalue weighted by Gasteiger charge is 2.31. The van der Waals surface area contributed by atoms with Gasteiger partial charge in [-0.05, 0) is 77.1 Å². The van der Waals surface area contributed by atoms with Gasteiger partial charge in [0.05, 0.1) is 13.1 Å². The number of fused-ring (bicyclic) bond motifs is 5. The maximum Gasteiger partial charge on any atom is 0.326 e. The van der Waals surface area contributed by atoms with E-state index in [-0.39, 0.29) is 34.6 Å². The molecule has 51 heavy (non-hydrogen) atoms. The number of hydrogen-bond donors (Lipinski definition) is 6. The molecule has 0 spiro atoms. The van der Waals surface area contributed by atoms with E-state index in [1.54, 1.807) is 12.1 Å². The quantitative estimate of drug-likeness (QED) is 0.152. The lowest BCUT2D eigenvalue weighted by molar-refractivity contribution is -0.142. The number of benzene rings is 4. The number of likely N-dealkylation sites (N-methyl/N-ethyl adjacent to an activating group) is 1. The number of aromatic hydroxyl groups is 2. The zero-order valence-corrected chi connectivity index (χ0v) is 28.3. The Morgan fingerprint density at radius 3 is 2.14 bits per heavy atom. The van der Waals surface area contributed by atoms with Crippen molar-refractivity contribution in [3.63, 3.8) is 0 Å². The van der Waals surface area contributed by atoms with Gasteiger partial charge in [0.2, 0.25) is 17.7 Å². The fraction of sp³-hybridized carbons (Fsp3) is 0.256. The third kappa shape index (κ3) is 8.71. The number of rotatable bonds is 9. The van der Waals surface area contributed by atoms with Crippen LogP contribution < -0.4 is 16.0 Å². The second-order valence-corrected chi connectivity index (χ2v) is 12.5. The Bertz CT molecular complexity index is 1940. The lowest BCUT2D eigenvalue weighted by Gasteiger charge is -2.28. The molecule has 0 saturated carbocycles. The number of carboxylic acid groups (broad SMARTS) is 1. The predicted octanol–water partition coefficient (Wildman–Crippen LogP) is 3.95. The van der Waals surface area contributed by atoms with E-state index in [0.717, 1.165) is 35.3 Å². The van der Waals surface area contributed by atoms with Crippen molar-refractivity contribution in [2.24, 2.45) is 0 Å². The molecule has 1 unspecified atom stereocenters. The standard InChI is InChI=1S/C39H40N4O8/c1-3-4-5-23-6-9-25(10-7-23)26-11-13-27(14-12-26)37(48)41-22-35(47)43(2)36-28-15-17-33(45)30(20-28)29-18-24(8-16-32(29)44)19-31(39(50)51)42-34(46)21-40-38(36)49/h6-18,20,31,36,44-45H,3-5,19,21-22H2,1-2H3,(H,40,49)(H,41,48)(H,42,46)(H,50,51)/t31-,36?/m0/s1. The zero-order chi connectivity index (χ0) is 36.7. The van der Waals surface area contributed by atoms with E-state index >= 15 is 0 Å². The monoisotopic (exact) mass is 692 g/mol. The van der Waals surface area contributed by atoms with Crippen molar-refractivity contribution in [1.82, 2.24) is 20.9 Å². The summed E-state index contributed by atoms with van der Waals surface area (Å²) >= 11 is 0. The number of aryl methyl sites for hydroxylation is 1. The van der Waals surface area contributed by atoms with Gasteiger partial charge in [0, 0.05) is 30.2 Å². The number of nitrogens with one attached hydrogen (secondary N) is 3. The number of carbonyl (C=O) groups excluding carboxylic acids is 4. The van der Waals surface area contributed by atoms with Crippen molar-refractivity contribution in [1.29, 1.82) is 0 Å². The Balaban J connectivity index is 1.35. The van der Waals surface area contributed by atoms with Crippen LogP contribution in [0.2, 0.25) is 0 Å². The van der Waals surface area contributed by atoms with Gasteiger partial charge < -0.3 is 36.2 Å². The number of hydrogen-bond acceptors (Lipinski definition) is 7. The minimum atomic E-state index is -1.35. The summed E-state index contributed by atoms with van der Waals surface area (Å²) in [5.74, 6) is -4.46. The minimum absolute atomic E-state index is 0.127. The molecule has 1 heterocycles. The lowest BCUT2D eigenvalue weighted by atomic mass is 9.94. The Morgan fingerprint density at radius 1 is 0.863 bits per heavy atom. The van der Waals surface area contributed by atoms with Crippen LogP contribution in [0.3, 0.4) is 0 Å². The summed E-state index contributed by atoms with van der Waals surface area (Å²) in [6.45, 7) is 1.11. The molecule has 0 saturated heterocycles. The third-order valence-electron chi connectivity index (χ3n) is 8.87. The topological polar surface area (TPSA) is 185 Å². The van der Waals surface area contributed by atoms with Crippen LogP contribution in [0.1, 0.15) is 52.9 Å². The first-order valence-electron chi connectivity index (χ1n) is 16.6. The summed E-state index contributed by atoms with van der Waals surface area (Å²) < 4.78 is 0. The molecule has 12 heteroatoms. The fourth-order valence-electron chi connectivity index (χ4n) is 5.95. The molecule has 2 atom stereocenters. The largest absolute Gasteiger partial charge is 0.507 e. The normalized spacial score (nSPS) is 15.9. The van der Waals surface area contributed by atoms with Gasteiger partial charge >= 0.3 is 5.97 Å². The number of amides is 4. The number of phenolic OH excluding ortho intramolecular Hbond substituents is 2. The van der Waals surface area contributed by atoms with E-state index < -0.39 is 54.8 Å². The van der Waals surface area contributed by atoms with Gasteiger partial charge in [0.1, 0.15) is 23.6 Å². The van der Waals surface area contributed by atoms with Gasteiger partial charge in [-0.1, -0.05) is 61.9 Å². The SMILES string of the molecule is CCCCc1ccc(-c2ccc(C(=O)NCC(=O)N(C)C3C(=O)NCC(=O)N[C@H](C(=O)O)Cc4ccc(O)c(c4)-c4cc3ccc4O)cc2)cc1. The summed E-state index contributed by atoms with van der Waals surface area (Å²) in [6, 6.07) is 21.1. The lowest BCUT2D eigenvalue weighted by Crippen LogP contribution is -2.49. The zero-order valence-electron chi connectivity index (χ0n) is 28.3. The molecule has 1 aliphatic heterocycles. The van der Waals surface area contributed by atoms with E-state index in [9.17, 15) is 39.3 Å². The van der Waals surface area contributed by atoms with Crippen LogP contribution in [0.15, 0.2) is 84.9 Å². The van der Waals surface area contributed by atoms with Gasteiger partial charge in [0.15, 0.2) is 0 Å². The van der Waals surface area contributed by atoms with Crippen LogP contribution in [-0.2, 0) is 32.0 Å². The molecule has 4 aromatic rings. The van der Waals surface area contributed by atoms with Gasteiger partial charge in [-0.25, -0.2) is 4.79 Å². The summed E-state index contributed by atoms with van der Waals surface area (Å²) in [6.07, 6.45) is 3.15. The molecule has 12 nitrogen and oxygen atoms in total. The maximum absolute atomic E-state index is 13.6. The number of carboxylic acids is 1. The summed E-state index contributed by atoms with van der Waals surface area (Å²) in [5, 5.41) is 38.6. The number of nitrogens with zero attached hydrogens (tertiary/aromatic N) is 1. The molecule has 4 aromatic carbocycles. The van der Waals surface area contributed by atoms with Gasteiger partial charge in [-0.2, -0.15) is 0 Å². The highest BCUT2D eigenvalue weighted by molar-refractivity contribution is 5.98. The Morgan fingerprint density at radius 2 is 1.49 bits per heavy atom. The smallest absolute Gasteiger partial charge is 0.326 e. The first-order chi connectivity index (χ1) is 24.4. The first kappa shape index (κ1) is 36.1. The molecule has 4 amide bonds. The van der Waals surface area contributed by atoms with Gasteiger partial charge in [-0.3, -0.25) is 19.2 Å². The van der Waals surface area contributed by atoms with E-state index in [1.807, 2.05) is 24.3 Å².